The lowest BCUT2D eigenvalue weighted by molar-refractivity contribution is 0.169. The third kappa shape index (κ3) is 3.33. The number of ether oxygens (including phenoxy) is 2. The highest BCUT2D eigenvalue weighted by molar-refractivity contribution is 5.42. The highest BCUT2D eigenvalue weighted by Gasteiger charge is 2.18. The normalized spacial score (nSPS) is 12.5. The van der Waals surface area contributed by atoms with Crippen molar-refractivity contribution in [2.24, 2.45) is 0 Å². The van der Waals surface area contributed by atoms with E-state index in [1.165, 1.54) is 6.33 Å². The number of aliphatic hydroxyl groups excluding tert-OH is 1. The summed E-state index contributed by atoms with van der Waals surface area (Å²) >= 11 is 0. The summed E-state index contributed by atoms with van der Waals surface area (Å²) in [6.45, 7) is 4.05. The maximum Gasteiger partial charge on any atom is 0.138 e. The minimum atomic E-state index is -0.715. The Kier molecular flexibility index (Phi) is 4.80. The first-order valence-corrected chi connectivity index (χ1v) is 6.85. The van der Waals surface area contributed by atoms with Gasteiger partial charge in [-0.25, -0.2) is 9.67 Å². The van der Waals surface area contributed by atoms with Crippen LogP contribution in [0.25, 0.3) is 0 Å². The summed E-state index contributed by atoms with van der Waals surface area (Å²) < 4.78 is 12.3. The van der Waals surface area contributed by atoms with Gasteiger partial charge < -0.3 is 14.6 Å². The average Bonchev–Trinajstić information content (AvgIpc) is 2.94. The van der Waals surface area contributed by atoms with Crippen molar-refractivity contribution < 1.29 is 14.6 Å². The van der Waals surface area contributed by atoms with Crippen LogP contribution < -0.4 is 9.47 Å². The highest BCUT2D eigenvalue weighted by Crippen LogP contribution is 2.31. The molecule has 0 saturated heterocycles. The molecule has 0 bridgehead atoms. The SMILES string of the molecule is COc1ccc(C(O)Cc2ncnn2C(C)C)c(OC)c1. The van der Waals surface area contributed by atoms with Crippen LogP contribution in [0.4, 0.5) is 0 Å². The van der Waals surface area contributed by atoms with Gasteiger partial charge in [-0.15, -0.1) is 0 Å². The molecule has 114 valence electrons. The van der Waals surface area contributed by atoms with Crippen LogP contribution in [0.3, 0.4) is 0 Å². The highest BCUT2D eigenvalue weighted by atomic mass is 16.5. The number of rotatable bonds is 6. The van der Waals surface area contributed by atoms with Crippen LogP contribution in [0.1, 0.15) is 37.4 Å². The fourth-order valence-corrected chi connectivity index (χ4v) is 2.23. The smallest absolute Gasteiger partial charge is 0.138 e. The summed E-state index contributed by atoms with van der Waals surface area (Å²) in [5.74, 6) is 2.03. The lowest BCUT2D eigenvalue weighted by atomic mass is 10.0. The Morgan fingerprint density at radius 2 is 2.00 bits per heavy atom. The van der Waals surface area contributed by atoms with Gasteiger partial charge in [0.25, 0.3) is 0 Å². The third-order valence-electron chi connectivity index (χ3n) is 3.31. The Bertz CT molecular complexity index is 596. The summed E-state index contributed by atoms with van der Waals surface area (Å²) in [6.07, 6.45) is 1.17. The molecule has 1 atom stereocenters. The van der Waals surface area contributed by atoms with Crippen molar-refractivity contribution in [3.05, 3.63) is 35.9 Å². The van der Waals surface area contributed by atoms with E-state index in [1.807, 2.05) is 13.8 Å². The van der Waals surface area contributed by atoms with Gasteiger partial charge in [-0.1, -0.05) is 0 Å². The summed E-state index contributed by atoms with van der Waals surface area (Å²) in [7, 11) is 3.16. The van der Waals surface area contributed by atoms with Gasteiger partial charge in [-0.05, 0) is 26.0 Å². The Hall–Kier alpha value is -2.08. The van der Waals surface area contributed by atoms with E-state index in [9.17, 15) is 5.11 Å². The molecule has 0 aliphatic heterocycles. The van der Waals surface area contributed by atoms with Gasteiger partial charge in [0.2, 0.25) is 0 Å². The van der Waals surface area contributed by atoms with Crippen molar-refractivity contribution >= 4 is 0 Å². The van der Waals surface area contributed by atoms with Crippen LogP contribution in [0.15, 0.2) is 24.5 Å². The van der Waals surface area contributed by atoms with E-state index in [-0.39, 0.29) is 6.04 Å². The van der Waals surface area contributed by atoms with Gasteiger partial charge in [0.15, 0.2) is 0 Å². The molecule has 1 aromatic heterocycles. The Balaban J connectivity index is 2.24. The van der Waals surface area contributed by atoms with Crippen molar-refractivity contribution in [3.63, 3.8) is 0 Å². The van der Waals surface area contributed by atoms with Crippen molar-refractivity contribution in [1.82, 2.24) is 14.8 Å². The van der Waals surface area contributed by atoms with Crippen molar-refractivity contribution in [1.29, 1.82) is 0 Å². The van der Waals surface area contributed by atoms with Crippen molar-refractivity contribution in [3.8, 4) is 11.5 Å². The lowest BCUT2D eigenvalue weighted by Gasteiger charge is -2.16. The summed E-state index contributed by atoms with van der Waals surface area (Å²) in [4.78, 5) is 4.22. The second-order valence-corrected chi connectivity index (χ2v) is 5.04. The molecule has 1 heterocycles. The zero-order valence-corrected chi connectivity index (χ0v) is 12.8. The molecule has 2 rings (SSSR count). The van der Waals surface area contributed by atoms with E-state index in [2.05, 4.69) is 10.1 Å². The monoisotopic (exact) mass is 291 g/mol. The molecule has 2 aromatic rings. The molecule has 1 aromatic carbocycles. The van der Waals surface area contributed by atoms with Gasteiger partial charge in [0, 0.05) is 24.1 Å². The van der Waals surface area contributed by atoms with Crippen LogP contribution in [-0.4, -0.2) is 34.1 Å². The maximum atomic E-state index is 10.5. The molecular formula is C15H21N3O3. The quantitative estimate of drug-likeness (QED) is 0.883. The van der Waals surface area contributed by atoms with E-state index in [0.717, 1.165) is 5.82 Å². The van der Waals surface area contributed by atoms with E-state index in [0.29, 0.717) is 23.5 Å². The van der Waals surface area contributed by atoms with Crippen molar-refractivity contribution in [2.45, 2.75) is 32.4 Å². The second-order valence-electron chi connectivity index (χ2n) is 5.04. The van der Waals surface area contributed by atoms with Crippen LogP contribution in [-0.2, 0) is 6.42 Å². The van der Waals surface area contributed by atoms with Gasteiger partial charge in [0.05, 0.1) is 20.3 Å². The molecule has 0 aliphatic rings. The van der Waals surface area contributed by atoms with Gasteiger partial charge >= 0.3 is 0 Å². The molecule has 0 fully saturated rings. The van der Waals surface area contributed by atoms with Crippen LogP contribution in [0, 0.1) is 0 Å². The molecule has 0 radical (unpaired) electrons. The number of aliphatic hydroxyl groups is 1. The molecule has 0 amide bonds. The molecule has 1 unspecified atom stereocenters. The first-order chi connectivity index (χ1) is 10.1. The molecule has 6 heteroatoms. The summed E-state index contributed by atoms with van der Waals surface area (Å²) in [5.41, 5.74) is 0.705. The fraction of sp³-hybridized carbons (Fsp3) is 0.467. The maximum absolute atomic E-state index is 10.5. The van der Waals surface area contributed by atoms with Crippen LogP contribution >= 0.6 is 0 Å². The molecule has 0 aliphatic carbocycles. The van der Waals surface area contributed by atoms with Crippen LogP contribution in [0.2, 0.25) is 0 Å². The minimum absolute atomic E-state index is 0.201. The Morgan fingerprint density at radius 3 is 2.62 bits per heavy atom. The lowest BCUT2D eigenvalue weighted by Crippen LogP contribution is -2.12. The first-order valence-electron chi connectivity index (χ1n) is 6.85. The Morgan fingerprint density at radius 1 is 1.24 bits per heavy atom. The van der Waals surface area contributed by atoms with Gasteiger partial charge in [-0.2, -0.15) is 5.10 Å². The molecule has 0 spiro atoms. The molecule has 21 heavy (non-hydrogen) atoms. The largest absolute Gasteiger partial charge is 0.497 e. The standard InChI is InChI=1S/C15H21N3O3/c1-10(2)18-15(16-9-17-18)8-13(19)12-6-5-11(20-3)7-14(12)21-4/h5-7,9-10,13,19H,8H2,1-4H3. The van der Waals surface area contributed by atoms with Crippen molar-refractivity contribution in [2.75, 3.05) is 14.2 Å². The van der Waals surface area contributed by atoms with Gasteiger partial charge in [-0.3, -0.25) is 0 Å². The van der Waals surface area contributed by atoms with Crippen LogP contribution in [0.5, 0.6) is 11.5 Å². The first kappa shape index (κ1) is 15.3. The average molecular weight is 291 g/mol. The zero-order chi connectivity index (χ0) is 15.4. The number of aromatic nitrogens is 3. The van der Waals surface area contributed by atoms with E-state index >= 15 is 0 Å². The van der Waals surface area contributed by atoms with E-state index < -0.39 is 6.10 Å². The molecule has 0 saturated carbocycles. The van der Waals surface area contributed by atoms with Gasteiger partial charge in [0.1, 0.15) is 23.7 Å². The molecule has 6 nitrogen and oxygen atoms in total. The number of benzene rings is 1. The number of hydrogen-bond donors (Lipinski definition) is 1. The zero-order valence-electron chi connectivity index (χ0n) is 12.8. The van der Waals surface area contributed by atoms with E-state index in [4.69, 9.17) is 9.47 Å². The predicted molar refractivity (Wildman–Crippen MR) is 78.6 cm³/mol. The minimum Gasteiger partial charge on any atom is -0.497 e. The number of nitrogens with zero attached hydrogens (tertiary/aromatic N) is 3. The van der Waals surface area contributed by atoms with E-state index in [1.54, 1.807) is 37.1 Å². The topological polar surface area (TPSA) is 69.4 Å². The number of methoxy groups -OCH3 is 2. The second kappa shape index (κ2) is 6.58. The summed E-state index contributed by atoms with van der Waals surface area (Å²) in [6, 6.07) is 5.56. The third-order valence-corrected chi connectivity index (χ3v) is 3.31. The number of hydrogen-bond acceptors (Lipinski definition) is 5. The molecule has 1 N–H and O–H groups in total. The molecular weight excluding hydrogens is 270 g/mol. The Labute approximate surface area is 124 Å². The predicted octanol–water partition coefficient (Wildman–Crippen LogP) is 2.15. The fourth-order valence-electron chi connectivity index (χ4n) is 2.23. The summed E-state index contributed by atoms with van der Waals surface area (Å²) in [5, 5.41) is 14.6.